The molecule has 0 spiro atoms. The number of hydrogen-bond donors (Lipinski definition) is 0. The van der Waals surface area contributed by atoms with Crippen LogP contribution in [0.4, 0.5) is 0 Å². The first-order valence-electron chi connectivity index (χ1n) is 6.17. The van der Waals surface area contributed by atoms with Gasteiger partial charge in [0.25, 0.3) is 0 Å². The summed E-state index contributed by atoms with van der Waals surface area (Å²) in [6.45, 7) is 3.90. The molecule has 0 N–H and O–H groups in total. The number of nitrogens with zero attached hydrogens (tertiary/aromatic N) is 1. The molecule has 0 atom stereocenters. The van der Waals surface area contributed by atoms with Crippen molar-refractivity contribution in [3.8, 4) is 11.5 Å². The number of hydrogen-bond acceptors (Lipinski definition) is 4. The lowest BCUT2D eigenvalue weighted by Gasteiger charge is -2.12. The van der Waals surface area contributed by atoms with Crippen LogP contribution in [0.3, 0.4) is 0 Å². The van der Waals surface area contributed by atoms with Gasteiger partial charge in [0, 0.05) is 24.0 Å². The Hall–Kier alpha value is -2.07. The van der Waals surface area contributed by atoms with Gasteiger partial charge >= 0.3 is 5.97 Å². The van der Waals surface area contributed by atoms with Gasteiger partial charge in [0.05, 0.1) is 12.2 Å². The summed E-state index contributed by atoms with van der Waals surface area (Å²) in [5, 5.41) is 0.411. The van der Waals surface area contributed by atoms with E-state index in [-0.39, 0.29) is 5.97 Å². The van der Waals surface area contributed by atoms with Gasteiger partial charge in [0.15, 0.2) is 0 Å². The summed E-state index contributed by atoms with van der Waals surface area (Å²) in [7, 11) is 0. The lowest BCUT2D eigenvalue weighted by molar-refractivity contribution is 0.0525. The Kier molecular flexibility index (Phi) is 4.58. The third kappa shape index (κ3) is 3.08. The van der Waals surface area contributed by atoms with Crippen LogP contribution in [0.2, 0.25) is 5.02 Å². The molecule has 0 fully saturated rings. The Bertz CT molecular complexity index is 628. The number of ether oxygens (including phenoxy) is 2. The van der Waals surface area contributed by atoms with E-state index in [0.717, 1.165) is 0 Å². The van der Waals surface area contributed by atoms with E-state index in [1.165, 1.54) is 6.20 Å². The standard InChI is InChI=1S/C15H14ClNO3/c1-3-19-15(18)11-5-4-6-13(10(11)2)20-14-7-8-17-9-12(14)16/h4-9H,3H2,1-2H3. The first-order valence-corrected chi connectivity index (χ1v) is 6.55. The Labute approximate surface area is 122 Å². The number of carbonyl (C=O) groups is 1. The van der Waals surface area contributed by atoms with Crippen molar-refractivity contribution in [1.82, 2.24) is 4.98 Å². The molecule has 1 aromatic heterocycles. The van der Waals surface area contributed by atoms with Crippen molar-refractivity contribution in [2.45, 2.75) is 13.8 Å². The molecule has 0 aliphatic heterocycles. The second-order valence-corrected chi connectivity index (χ2v) is 4.46. The zero-order chi connectivity index (χ0) is 14.5. The van der Waals surface area contributed by atoms with E-state index in [2.05, 4.69) is 4.98 Å². The van der Waals surface area contributed by atoms with Gasteiger partial charge in [0.1, 0.15) is 16.5 Å². The van der Waals surface area contributed by atoms with Gasteiger partial charge in [0.2, 0.25) is 0 Å². The predicted octanol–water partition coefficient (Wildman–Crippen LogP) is 4.01. The molecule has 4 nitrogen and oxygen atoms in total. The van der Waals surface area contributed by atoms with Crippen LogP contribution in [-0.4, -0.2) is 17.6 Å². The van der Waals surface area contributed by atoms with Crippen LogP contribution < -0.4 is 4.74 Å². The monoisotopic (exact) mass is 291 g/mol. The van der Waals surface area contributed by atoms with Gasteiger partial charge in [-0.1, -0.05) is 17.7 Å². The second kappa shape index (κ2) is 6.39. The quantitative estimate of drug-likeness (QED) is 0.799. The molecule has 2 rings (SSSR count). The van der Waals surface area contributed by atoms with Gasteiger partial charge in [-0.2, -0.15) is 0 Å². The minimum Gasteiger partial charge on any atom is -0.462 e. The van der Waals surface area contributed by atoms with Crippen LogP contribution in [0.5, 0.6) is 11.5 Å². The number of rotatable bonds is 4. The molecule has 0 radical (unpaired) electrons. The van der Waals surface area contributed by atoms with Crippen LogP contribution in [0.25, 0.3) is 0 Å². The van der Waals surface area contributed by atoms with Gasteiger partial charge in [-0.25, -0.2) is 4.79 Å². The third-order valence-electron chi connectivity index (χ3n) is 2.73. The van der Waals surface area contributed by atoms with E-state index < -0.39 is 0 Å². The molecule has 2 aromatic rings. The average molecular weight is 292 g/mol. The average Bonchev–Trinajstić information content (AvgIpc) is 2.43. The lowest BCUT2D eigenvalue weighted by atomic mass is 10.1. The van der Waals surface area contributed by atoms with Crippen LogP contribution in [-0.2, 0) is 4.74 Å². The first-order chi connectivity index (χ1) is 9.63. The summed E-state index contributed by atoms with van der Waals surface area (Å²) >= 11 is 6.00. The van der Waals surface area contributed by atoms with Crippen LogP contribution in [0.1, 0.15) is 22.8 Å². The zero-order valence-corrected chi connectivity index (χ0v) is 12.0. The molecule has 20 heavy (non-hydrogen) atoms. The number of benzene rings is 1. The molecular weight excluding hydrogens is 278 g/mol. The Morgan fingerprint density at radius 3 is 2.80 bits per heavy atom. The predicted molar refractivity (Wildman–Crippen MR) is 76.5 cm³/mol. The van der Waals surface area contributed by atoms with E-state index >= 15 is 0 Å². The van der Waals surface area contributed by atoms with Crippen molar-refractivity contribution in [2.24, 2.45) is 0 Å². The summed E-state index contributed by atoms with van der Waals surface area (Å²) in [5.41, 5.74) is 1.19. The molecule has 0 aliphatic rings. The molecule has 1 heterocycles. The minimum atomic E-state index is -0.365. The molecular formula is C15H14ClNO3. The number of esters is 1. The topological polar surface area (TPSA) is 48.4 Å². The van der Waals surface area contributed by atoms with Gasteiger partial charge in [-0.05, 0) is 26.0 Å². The molecule has 0 saturated heterocycles. The van der Waals surface area contributed by atoms with Crippen LogP contribution in [0.15, 0.2) is 36.7 Å². The summed E-state index contributed by atoms with van der Waals surface area (Å²) < 4.78 is 10.7. The van der Waals surface area contributed by atoms with E-state index in [1.807, 2.05) is 0 Å². The van der Waals surface area contributed by atoms with Gasteiger partial charge in [-0.15, -0.1) is 0 Å². The highest BCUT2D eigenvalue weighted by Gasteiger charge is 2.14. The maximum Gasteiger partial charge on any atom is 0.338 e. The number of pyridine rings is 1. The van der Waals surface area contributed by atoms with Crippen molar-refractivity contribution < 1.29 is 14.3 Å². The molecule has 1 aromatic carbocycles. The third-order valence-corrected chi connectivity index (χ3v) is 3.02. The molecule has 0 amide bonds. The Morgan fingerprint density at radius 1 is 1.30 bits per heavy atom. The van der Waals surface area contributed by atoms with Crippen molar-refractivity contribution in [3.05, 3.63) is 52.8 Å². The first kappa shape index (κ1) is 14.3. The highest BCUT2D eigenvalue weighted by Crippen LogP contribution is 2.31. The fraction of sp³-hybridized carbons (Fsp3) is 0.200. The van der Waals surface area contributed by atoms with E-state index in [0.29, 0.717) is 34.3 Å². The maximum atomic E-state index is 11.8. The maximum absolute atomic E-state index is 11.8. The fourth-order valence-corrected chi connectivity index (χ4v) is 1.88. The van der Waals surface area contributed by atoms with E-state index in [4.69, 9.17) is 21.1 Å². The molecule has 0 saturated carbocycles. The number of carbonyl (C=O) groups excluding carboxylic acids is 1. The number of aromatic nitrogens is 1. The van der Waals surface area contributed by atoms with Crippen molar-refractivity contribution in [3.63, 3.8) is 0 Å². The van der Waals surface area contributed by atoms with Gasteiger partial charge < -0.3 is 9.47 Å². The summed E-state index contributed by atoms with van der Waals surface area (Å²) in [5.74, 6) is 0.686. The molecule has 0 unspecified atom stereocenters. The Balaban J connectivity index is 2.32. The normalized spacial score (nSPS) is 10.2. The zero-order valence-electron chi connectivity index (χ0n) is 11.2. The summed E-state index contributed by atoms with van der Waals surface area (Å²) in [4.78, 5) is 15.7. The highest BCUT2D eigenvalue weighted by atomic mass is 35.5. The SMILES string of the molecule is CCOC(=O)c1cccc(Oc2ccncc2Cl)c1C. The highest BCUT2D eigenvalue weighted by molar-refractivity contribution is 6.31. The lowest BCUT2D eigenvalue weighted by Crippen LogP contribution is -2.07. The van der Waals surface area contributed by atoms with Crippen molar-refractivity contribution in [2.75, 3.05) is 6.61 Å². The molecule has 0 bridgehead atoms. The Morgan fingerprint density at radius 2 is 2.10 bits per heavy atom. The van der Waals surface area contributed by atoms with Crippen molar-refractivity contribution >= 4 is 17.6 Å². The summed E-state index contributed by atoms with van der Waals surface area (Å²) in [6.07, 6.45) is 3.09. The molecule has 5 heteroatoms. The second-order valence-electron chi connectivity index (χ2n) is 4.06. The molecule has 104 valence electrons. The van der Waals surface area contributed by atoms with Crippen LogP contribution >= 0.6 is 11.6 Å². The largest absolute Gasteiger partial charge is 0.462 e. The van der Waals surface area contributed by atoms with Crippen molar-refractivity contribution in [1.29, 1.82) is 0 Å². The fourth-order valence-electron chi connectivity index (χ4n) is 1.72. The number of halogens is 1. The van der Waals surface area contributed by atoms with E-state index in [9.17, 15) is 4.79 Å². The van der Waals surface area contributed by atoms with E-state index in [1.54, 1.807) is 44.3 Å². The molecule has 0 aliphatic carbocycles. The smallest absolute Gasteiger partial charge is 0.338 e. The summed E-state index contributed by atoms with van der Waals surface area (Å²) in [6, 6.07) is 6.88. The van der Waals surface area contributed by atoms with Crippen LogP contribution in [0, 0.1) is 6.92 Å². The van der Waals surface area contributed by atoms with Gasteiger partial charge in [-0.3, -0.25) is 4.98 Å². The minimum absolute atomic E-state index is 0.333.